The normalized spacial score (nSPS) is 30.9. The Bertz CT molecular complexity index is 174. The first-order chi connectivity index (χ1) is 7.74. The summed E-state index contributed by atoms with van der Waals surface area (Å²) in [5, 5.41) is 0. The Labute approximate surface area is 102 Å². The predicted octanol–water partition coefficient (Wildman–Crippen LogP) is 4.21. The third-order valence-electron chi connectivity index (χ3n) is 4.92. The first-order valence-electron chi connectivity index (χ1n) is 7.45. The molecule has 1 nitrogen and oxygen atoms in total. The van der Waals surface area contributed by atoms with Gasteiger partial charge in [0.05, 0.1) is 0 Å². The zero-order valence-electron chi connectivity index (χ0n) is 11.5. The summed E-state index contributed by atoms with van der Waals surface area (Å²) in [7, 11) is 0. The molecular weight excluding hydrogens is 194 g/mol. The Morgan fingerprint density at radius 1 is 1.06 bits per heavy atom. The van der Waals surface area contributed by atoms with Crippen molar-refractivity contribution in [3.8, 4) is 0 Å². The Kier molecular flexibility index (Phi) is 6.41. The van der Waals surface area contributed by atoms with Crippen LogP contribution in [0.4, 0.5) is 0 Å². The van der Waals surface area contributed by atoms with Crippen LogP contribution in [-0.4, -0.2) is 6.54 Å². The van der Waals surface area contributed by atoms with Gasteiger partial charge in [-0.1, -0.05) is 46.5 Å². The SMILES string of the molecule is CCC(CC)CC1CC(CC)CCC1CN. The molecule has 0 aromatic rings. The topological polar surface area (TPSA) is 26.0 Å². The maximum absolute atomic E-state index is 5.94. The van der Waals surface area contributed by atoms with Gasteiger partial charge in [0.15, 0.2) is 0 Å². The molecule has 3 atom stereocenters. The van der Waals surface area contributed by atoms with Gasteiger partial charge in [-0.2, -0.15) is 0 Å². The highest BCUT2D eigenvalue weighted by Crippen LogP contribution is 2.39. The molecule has 0 saturated heterocycles. The average molecular weight is 225 g/mol. The fraction of sp³-hybridized carbons (Fsp3) is 1.00. The van der Waals surface area contributed by atoms with E-state index in [-0.39, 0.29) is 0 Å². The van der Waals surface area contributed by atoms with Gasteiger partial charge < -0.3 is 5.73 Å². The van der Waals surface area contributed by atoms with Gasteiger partial charge in [0.2, 0.25) is 0 Å². The van der Waals surface area contributed by atoms with Crippen LogP contribution in [0.2, 0.25) is 0 Å². The van der Waals surface area contributed by atoms with E-state index in [1.807, 2.05) is 0 Å². The molecule has 1 aliphatic carbocycles. The second kappa shape index (κ2) is 7.32. The van der Waals surface area contributed by atoms with Crippen molar-refractivity contribution in [3.05, 3.63) is 0 Å². The van der Waals surface area contributed by atoms with E-state index in [1.165, 1.54) is 44.9 Å². The molecule has 0 aromatic heterocycles. The molecule has 1 heteroatoms. The lowest BCUT2D eigenvalue weighted by atomic mass is 9.69. The molecule has 1 aliphatic rings. The van der Waals surface area contributed by atoms with Gasteiger partial charge >= 0.3 is 0 Å². The smallest absolute Gasteiger partial charge is 0.00462 e. The minimum absolute atomic E-state index is 0.823. The minimum atomic E-state index is 0.823. The fourth-order valence-corrected chi connectivity index (χ4v) is 3.44. The Hall–Kier alpha value is -0.0400. The Morgan fingerprint density at radius 2 is 1.75 bits per heavy atom. The third kappa shape index (κ3) is 3.76. The average Bonchev–Trinajstić information content (AvgIpc) is 2.35. The van der Waals surface area contributed by atoms with Gasteiger partial charge in [-0.05, 0) is 49.5 Å². The van der Waals surface area contributed by atoms with E-state index in [1.54, 1.807) is 0 Å². The maximum atomic E-state index is 5.94. The van der Waals surface area contributed by atoms with E-state index in [4.69, 9.17) is 5.73 Å². The van der Waals surface area contributed by atoms with Crippen LogP contribution >= 0.6 is 0 Å². The van der Waals surface area contributed by atoms with Crippen molar-refractivity contribution >= 4 is 0 Å². The standard InChI is InChI=1S/C15H31N/c1-4-12(5-2)9-15-10-13(6-3)7-8-14(15)11-16/h12-15H,4-11,16H2,1-3H3. The van der Waals surface area contributed by atoms with Crippen LogP contribution in [0, 0.1) is 23.7 Å². The highest BCUT2D eigenvalue weighted by molar-refractivity contribution is 4.81. The summed E-state index contributed by atoms with van der Waals surface area (Å²) in [6, 6.07) is 0. The van der Waals surface area contributed by atoms with Gasteiger partial charge in [-0.3, -0.25) is 0 Å². The van der Waals surface area contributed by atoms with E-state index >= 15 is 0 Å². The summed E-state index contributed by atoms with van der Waals surface area (Å²) in [6.07, 6.45) is 9.77. The van der Waals surface area contributed by atoms with Crippen LogP contribution in [0.25, 0.3) is 0 Å². The molecule has 16 heavy (non-hydrogen) atoms. The van der Waals surface area contributed by atoms with Crippen molar-refractivity contribution in [2.45, 2.75) is 65.7 Å². The molecule has 0 aliphatic heterocycles. The summed E-state index contributed by atoms with van der Waals surface area (Å²) in [4.78, 5) is 0. The largest absolute Gasteiger partial charge is 0.330 e. The molecule has 1 fully saturated rings. The highest BCUT2D eigenvalue weighted by Gasteiger charge is 2.29. The lowest BCUT2D eigenvalue weighted by Crippen LogP contribution is -2.31. The van der Waals surface area contributed by atoms with Crippen LogP contribution < -0.4 is 5.73 Å². The van der Waals surface area contributed by atoms with Gasteiger partial charge in [0, 0.05) is 0 Å². The minimum Gasteiger partial charge on any atom is -0.330 e. The van der Waals surface area contributed by atoms with Crippen LogP contribution in [0.3, 0.4) is 0 Å². The van der Waals surface area contributed by atoms with Crippen LogP contribution in [-0.2, 0) is 0 Å². The van der Waals surface area contributed by atoms with Crippen molar-refractivity contribution < 1.29 is 0 Å². The quantitative estimate of drug-likeness (QED) is 0.720. The maximum Gasteiger partial charge on any atom is -0.00462 e. The molecule has 1 saturated carbocycles. The van der Waals surface area contributed by atoms with Gasteiger partial charge in [-0.25, -0.2) is 0 Å². The summed E-state index contributed by atoms with van der Waals surface area (Å²) < 4.78 is 0. The van der Waals surface area contributed by atoms with E-state index < -0.39 is 0 Å². The molecule has 96 valence electrons. The van der Waals surface area contributed by atoms with E-state index in [9.17, 15) is 0 Å². The number of hydrogen-bond acceptors (Lipinski definition) is 1. The molecule has 1 rings (SSSR count). The second-order valence-corrected chi connectivity index (χ2v) is 5.76. The Morgan fingerprint density at radius 3 is 2.25 bits per heavy atom. The molecule has 0 heterocycles. The van der Waals surface area contributed by atoms with Crippen LogP contribution in [0.5, 0.6) is 0 Å². The van der Waals surface area contributed by atoms with E-state index in [0.717, 1.165) is 30.2 Å². The van der Waals surface area contributed by atoms with E-state index in [0.29, 0.717) is 0 Å². The molecule has 0 spiro atoms. The zero-order valence-corrected chi connectivity index (χ0v) is 11.5. The monoisotopic (exact) mass is 225 g/mol. The second-order valence-electron chi connectivity index (χ2n) is 5.76. The van der Waals surface area contributed by atoms with E-state index in [2.05, 4.69) is 20.8 Å². The third-order valence-corrected chi connectivity index (χ3v) is 4.92. The number of hydrogen-bond donors (Lipinski definition) is 1. The summed E-state index contributed by atoms with van der Waals surface area (Å²) in [5.74, 6) is 3.67. The van der Waals surface area contributed by atoms with Crippen molar-refractivity contribution in [2.24, 2.45) is 29.4 Å². The zero-order chi connectivity index (χ0) is 12.0. The van der Waals surface area contributed by atoms with Crippen molar-refractivity contribution in [1.82, 2.24) is 0 Å². The summed E-state index contributed by atoms with van der Waals surface area (Å²) in [5.41, 5.74) is 5.94. The van der Waals surface area contributed by atoms with Gasteiger partial charge in [0.1, 0.15) is 0 Å². The fourth-order valence-electron chi connectivity index (χ4n) is 3.44. The molecule has 2 N–H and O–H groups in total. The molecule has 0 radical (unpaired) electrons. The predicted molar refractivity (Wildman–Crippen MR) is 72.4 cm³/mol. The first kappa shape index (κ1) is 14.0. The molecule has 3 unspecified atom stereocenters. The molecule has 0 aromatic carbocycles. The summed E-state index contributed by atoms with van der Waals surface area (Å²) in [6.45, 7) is 7.94. The molecule has 0 amide bonds. The number of rotatable bonds is 6. The lowest BCUT2D eigenvalue weighted by Gasteiger charge is -2.37. The molecular formula is C15H31N. The van der Waals surface area contributed by atoms with Crippen LogP contribution in [0.1, 0.15) is 65.7 Å². The van der Waals surface area contributed by atoms with Gasteiger partial charge in [-0.15, -0.1) is 0 Å². The Balaban J connectivity index is 2.50. The van der Waals surface area contributed by atoms with Crippen LogP contribution in [0.15, 0.2) is 0 Å². The highest BCUT2D eigenvalue weighted by atomic mass is 14.6. The first-order valence-corrected chi connectivity index (χ1v) is 7.45. The number of nitrogens with two attached hydrogens (primary N) is 1. The summed E-state index contributed by atoms with van der Waals surface area (Å²) >= 11 is 0. The van der Waals surface area contributed by atoms with Gasteiger partial charge in [0.25, 0.3) is 0 Å². The van der Waals surface area contributed by atoms with Crippen molar-refractivity contribution in [1.29, 1.82) is 0 Å². The van der Waals surface area contributed by atoms with Crippen molar-refractivity contribution in [2.75, 3.05) is 6.54 Å². The lowest BCUT2D eigenvalue weighted by molar-refractivity contribution is 0.149. The van der Waals surface area contributed by atoms with Crippen molar-refractivity contribution in [3.63, 3.8) is 0 Å². The molecule has 0 bridgehead atoms.